The molecule has 6 bridgehead atoms. The predicted octanol–water partition coefficient (Wildman–Crippen LogP) is 4.45. The number of rotatable bonds is 1. The maximum atomic E-state index is 7.00. The minimum absolute atomic E-state index is 0.189. The van der Waals surface area contributed by atoms with Crippen molar-refractivity contribution in [3.05, 3.63) is 12.2 Å². The maximum Gasteiger partial charge on any atom is 0.0829 e. The SMILES string of the molecule is C=C(C)C1CCC2(C)C3CCC45CCCC46OCCCC26C1NC35. The van der Waals surface area contributed by atoms with Crippen molar-refractivity contribution in [2.75, 3.05) is 6.61 Å². The Morgan fingerprint density at radius 3 is 2.75 bits per heavy atom. The molecule has 24 heavy (non-hydrogen) atoms. The minimum Gasteiger partial charge on any atom is -0.374 e. The van der Waals surface area contributed by atoms with Gasteiger partial charge in [-0.2, -0.15) is 0 Å². The zero-order valence-electron chi connectivity index (χ0n) is 15.5. The Morgan fingerprint density at radius 1 is 1.04 bits per heavy atom. The van der Waals surface area contributed by atoms with E-state index < -0.39 is 0 Å². The third kappa shape index (κ3) is 1.15. The van der Waals surface area contributed by atoms with Crippen LogP contribution < -0.4 is 5.32 Å². The number of ether oxygens (including phenoxy) is 1. The van der Waals surface area contributed by atoms with Crippen LogP contribution in [0.15, 0.2) is 12.2 Å². The normalized spacial score (nSPS) is 63.1. The molecule has 3 saturated heterocycles. The summed E-state index contributed by atoms with van der Waals surface area (Å²) in [5.41, 5.74) is 2.92. The summed E-state index contributed by atoms with van der Waals surface area (Å²) >= 11 is 0. The first-order valence-corrected chi connectivity index (χ1v) is 10.6. The van der Waals surface area contributed by atoms with Gasteiger partial charge in [-0.05, 0) is 82.0 Å². The second-order valence-electron chi connectivity index (χ2n) is 10.4. The molecule has 7 fully saturated rings. The fourth-order valence-electron chi connectivity index (χ4n) is 9.93. The minimum atomic E-state index is 0.189. The van der Waals surface area contributed by atoms with Gasteiger partial charge >= 0.3 is 0 Å². The number of nitrogens with one attached hydrogen (secondary N) is 1. The molecule has 132 valence electrons. The van der Waals surface area contributed by atoms with E-state index in [1.165, 1.54) is 63.4 Å². The average molecular weight is 328 g/mol. The molecule has 1 N–H and O–H groups in total. The van der Waals surface area contributed by atoms with E-state index in [1.807, 2.05) is 0 Å². The first-order valence-electron chi connectivity index (χ1n) is 10.6. The Balaban J connectivity index is 1.65. The lowest BCUT2D eigenvalue weighted by molar-refractivity contribution is -0.348. The molecule has 0 amide bonds. The van der Waals surface area contributed by atoms with E-state index >= 15 is 0 Å². The molecule has 3 aliphatic heterocycles. The van der Waals surface area contributed by atoms with E-state index in [1.54, 1.807) is 0 Å². The number of piperidine rings is 2. The fraction of sp³-hybridized carbons (Fsp3) is 0.909. The molecule has 4 aliphatic carbocycles. The van der Waals surface area contributed by atoms with E-state index in [-0.39, 0.29) is 5.60 Å². The van der Waals surface area contributed by atoms with Crippen LogP contribution in [0.2, 0.25) is 0 Å². The number of hydrogen-bond donors (Lipinski definition) is 1. The van der Waals surface area contributed by atoms with Gasteiger partial charge in [0.25, 0.3) is 0 Å². The summed E-state index contributed by atoms with van der Waals surface area (Å²) in [5, 5.41) is 4.31. The summed E-state index contributed by atoms with van der Waals surface area (Å²) in [6.45, 7) is 10.4. The first kappa shape index (κ1) is 14.8. The second-order valence-corrected chi connectivity index (χ2v) is 10.4. The van der Waals surface area contributed by atoms with Crippen LogP contribution in [0, 0.1) is 28.1 Å². The third-order valence-electron chi connectivity index (χ3n) is 10.4. The van der Waals surface area contributed by atoms with Gasteiger partial charge in [-0.25, -0.2) is 0 Å². The van der Waals surface area contributed by atoms with Gasteiger partial charge in [-0.3, -0.25) is 0 Å². The molecule has 2 heteroatoms. The Kier molecular flexibility index (Phi) is 2.55. The Bertz CT molecular complexity index is 629. The van der Waals surface area contributed by atoms with Crippen molar-refractivity contribution >= 4 is 0 Å². The van der Waals surface area contributed by atoms with Crippen molar-refractivity contribution in [2.24, 2.45) is 28.1 Å². The molecule has 7 aliphatic rings. The van der Waals surface area contributed by atoms with Crippen LogP contribution in [0.1, 0.15) is 71.6 Å². The highest BCUT2D eigenvalue weighted by Crippen LogP contribution is 2.83. The molecular formula is C22H33NO. The standard InChI is InChI=1S/C22H33NO/c1-14(2)15-6-11-19(3)16-7-12-20-8-4-10-22(20)21(19,9-5-13-24-22)17(15)23-18(16)20/h15-18,23H,1,4-13H2,2-3H3. The van der Waals surface area contributed by atoms with Crippen LogP contribution in [-0.2, 0) is 4.74 Å². The largest absolute Gasteiger partial charge is 0.374 e. The smallest absolute Gasteiger partial charge is 0.0829 e. The summed E-state index contributed by atoms with van der Waals surface area (Å²) in [6, 6.07) is 1.34. The van der Waals surface area contributed by atoms with Gasteiger partial charge in [0.1, 0.15) is 0 Å². The summed E-state index contributed by atoms with van der Waals surface area (Å²) in [7, 11) is 0. The van der Waals surface area contributed by atoms with Crippen LogP contribution in [0.5, 0.6) is 0 Å². The molecule has 2 nitrogen and oxygen atoms in total. The zero-order valence-corrected chi connectivity index (χ0v) is 15.5. The van der Waals surface area contributed by atoms with Crippen LogP contribution in [0.3, 0.4) is 0 Å². The van der Waals surface area contributed by atoms with Crippen LogP contribution >= 0.6 is 0 Å². The van der Waals surface area contributed by atoms with Crippen molar-refractivity contribution in [3.8, 4) is 0 Å². The quantitative estimate of drug-likeness (QED) is 0.719. The number of hydrogen-bond acceptors (Lipinski definition) is 2. The lowest BCUT2D eigenvalue weighted by Gasteiger charge is -2.80. The summed E-state index contributed by atoms with van der Waals surface area (Å²) < 4.78 is 7.00. The van der Waals surface area contributed by atoms with Gasteiger partial charge in [-0.15, -0.1) is 0 Å². The lowest BCUT2D eigenvalue weighted by atomic mass is 9.32. The van der Waals surface area contributed by atoms with E-state index in [9.17, 15) is 0 Å². The monoisotopic (exact) mass is 327 g/mol. The molecule has 0 aromatic carbocycles. The molecule has 0 aromatic heterocycles. The van der Waals surface area contributed by atoms with Gasteiger partial charge < -0.3 is 10.1 Å². The summed E-state index contributed by atoms with van der Waals surface area (Å²) in [6.07, 6.45) is 12.5. The van der Waals surface area contributed by atoms with Gasteiger partial charge in [0.15, 0.2) is 0 Å². The van der Waals surface area contributed by atoms with Crippen molar-refractivity contribution < 1.29 is 4.74 Å². The van der Waals surface area contributed by atoms with E-state index in [4.69, 9.17) is 4.74 Å². The van der Waals surface area contributed by atoms with Crippen molar-refractivity contribution in [1.29, 1.82) is 0 Å². The fourth-order valence-corrected chi connectivity index (χ4v) is 9.93. The maximum absolute atomic E-state index is 7.00. The Morgan fingerprint density at radius 2 is 1.92 bits per heavy atom. The van der Waals surface area contributed by atoms with E-state index in [0.29, 0.717) is 28.2 Å². The molecule has 8 atom stereocenters. The predicted molar refractivity (Wildman–Crippen MR) is 95.7 cm³/mol. The second kappa shape index (κ2) is 4.14. The molecule has 0 radical (unpaired) electrons. The van der Waals surface area contributed by atoms with E-state index in [2.05, 4.69) is 25.7 Å². The lowest BCUT2D eigenvalue weighted by Crippen LogP contribution is -2.87. The van der Waals surface area contributed by atoms with Crippen LogP contribution in [0.25, 0.3) is 0 Å². The van der Waals surface area contributed by atoms with Crippen LogP contribution in [-0.4, -0.2) is 24.3 Å². The third-order valence-corrected chi connectivity index (χ3v) is 10.4. The van der Waals surface area contributed by atoms with Gasteiger partial charge in [0.2, 0.25) is 0 Å². The molecule has 0 aromatic rings. The van der Waals surface area contributed by atoms with Crippen molar-refractivity contribution in [2.45, 2.75) is 89.3 Å². The van der Waals surface area contributed by atoms with Gasteiger partial charge in [0.05, 0.1) is 5.60 Å². The zero-order chi connectivity index (χ0) is 16.4. The topological polar surface area (TPSA) is 21.3 Å². The molecular weight excluding hydrogens is 294 g/mol. The van der Waals surface area contributed by atoms with Crippen LogP contribution in [0.4, 0.5) is 0 Å². The van der Waals surface area contributed by atoms with Crippen molar-refractivity contribution in [1.82, 2.24) is 5.32 Å². The van der Waals surface area contributed by atoms with Gasteiger partial charge in [-0.1, -0.05) is 19.1 Å². The molecule has 3 heterocycles. The highest BCUT2D eigenvalue weighted by molar-refractivity contribution is 5.39. The highest BCUT2D eigenvalue weighted by Gasteiger charge is 2.86. The van der Waals surface area contributed by atoms with Gasteiger partial charge in [0, 0.05) is 29.5 Å². The Hall–Kier alpha value is -0.340. The molecule has 4 saturated carbocycles. The average Bonchev–Trinajstić information content (AvgIpc) is 3.09. The summed E-state index contributed by atoms with van der Waals surface area (Å²) in [5.74, 6) is 1.56. The Labute approximate surface area is 146 Å². The van der Waals surface area contributed by atoms with Crippen molar-refractivity contribution in [3.63, 3.8) is 0 Å². The van der Waals surface area contributed by atoms with E-state index in [0.717, 1.165) is 18.6 Å². The molecule has 7 rings (SSSR count). The first-order chi connectivity index (χ1) is 11.5. The molecule has 8 unspecified atom stereocenters. The highest BCUT2D eigenvalue weighted by atomic mass is 16.5. The summed E-state index contributed by atoms with van der Waals surface area (Å²) in [4.78, 5) is 0. The molecule has 3 spiro atoms.